The largest absolute Gasteiger partial charge is 0.377 e. The molecule has 2 aliphatic heterocycles. The Morgan fingerprint density at radius 2 is 2.12 bits per heavy atom. The molecule has 0 amide bonds. The molecule has 1 unspecified atom stereocenters. The average molecular weight is 222 g/mol. The Labute approximate surface area is 98.5 Å². The van der Waals surface area contributed by atoms with E-state index in [-0.39, 0.29) is 0 Å². The molecule has 0 radical (unpaired) electrons. The van der Waals surface area contributed by atoms with Crippen LogP contribution in [0.25, 0.3) is 0 Å². The summed E-state index contributed by atoms with van der Waals surface area (Å²) >= 11 is 0. The molecule has 2 aliphatic rings. The molecule has 2 heterocycles. The van der Waals surface area contributed by atoms with E-state index in [1.807, 2.05) is 0 Å². The summed E-state index contributed by atoms with van der Waals surface area (Å²) in [5.74, 6) is 2.71. The highest BCUT2D eigenvalue weighted by molar-refractivity contribution is 4.90. The van der Waals surface area contributed by atoms with Gasteiger partial charge in [0, 0.05) is 32.3 Å². The van der Waals surface area contributed by atoms with E-state index in [0.29, 0.717) is 12.1 Å². The van der Waals surface area contributed by atoms with Gasteiger partial charge in [0.1, 0.15) is 0 Å². The van der Waals surface area contributed by atoms with Gasteiger partial charge in [-0.2, -0.15) is 0 Å². The van der Waals surface area contributed by atoms with Gasteiger partial charge >= 0.3 is 0 Å². The van der Waals surface area contributed by atoms with Crippen LogP contribution in [0.15, 0.2) is 0 Å². The third kappa shape index (κ3) is 3.48. The van der Waals surface area contributed by atoms with Crippen molar-refractivity contribution in [2.24, 2.45) is 0 Å². The Hall–Kier alpha value is -0.560. The monoisotopic (exact) mass is 222 g/mol. The molecule has 0 aromatic carbocycles. The SMILES string of the molecule is C#CCN1CCC(NCC2CCCO2)CC1. The molecule has 2 rings (SSSR count). The number of piperidine rings is 1. The van der Waals surface area contributed by atoms with Gasteiger partial charge in [0.15, 0.2) is 0 Å². The highest BCUT2D eigenvalue weighted by Crippen LogP contribution is 2.13. The normalized spacial score (nSPS) is 28.1. The van der Waals surface area contributed by atoms with E-state index in [9.17, 15) is 0 Å². The minimum Gasteiger partial charge on any atom is -0.377 e. The topological polar surface area (TPSA) is 24.5 Å². The number of hydrogen-bond donors (Lipinski definition) is 1. The first-order valence-electron chi connectivity index (χ1n) is 6.39. The molecule has 0 aliphatic carbocycles. The Morgan fingerprint density at radius 1 is 1.31 bits per heavy atom. The summed E-state index contributed by atoms with van der Waals surface area (Å²) in [4.78, 5) is 2.35. The van der Waals surface area contributed by atoms with Crippen molar-refractivity contribution < 1.29 is 4.74 Å². The van der Waals surface area contributed by atoms with Crippen molar-refractivity contribution in [1.82, 2.24) is 10.2 Å². The molecule has 0 aromatic heterocycles. The smallest absolute Gasteiger partial charge is 0.0700 e. The van der Waals surface area contributed by atoms with Crippen LogP contribution in [0.1, 0.15) is 25.7 Å². The van der Waals surface area contributed by atoms with Crippen molar-refractivity contribution in [2.75, 3.05) is 32.8 Å². The lowest BCUT2D eigenvalue weighted by atomic mass is 10.0. The van der Waals surface area contributed by atoms with Crippen molar-refractivity contribution in [3.8, 4) is 12.3 Å². The second kappa shape index (κ2) is 6.24. The summed E-state index contributed by atoms with van der Waals surface area (Å²) in [6.07, 6.45) is 10.7. The van der Waals surface area contributed by atoms with Crippen molar-refractivity contribution in [2.45, 2.75) is 37.8 Å². The minimum atomic E-state index is 0.462. The lowest BCUT2D eigenvalue weighted by Crippen LogP contribution is -2.44. The zero-order valence-electron chi connectivity index (χ0n) is 9.95. The van der Waals surface area contributed by atoms with Gasteiger partial charge in [-0.1, -0.05) is 5.92 Å². The maximum absolute atomic E-state index is 5.60. The van der Waals surface area contributed by atoms with Gasteiger partial charge in [-0.25, -0.2) is 0 Å². The van der Waals surface area contributed by atoms with Crippen LogP contribution >= 0.6 is 0 Å². The first-order valence-corrected chi connectivity index (χ1v) is 6.39. The van der Waals surface area contributed by atoms with Crippen LogP contribution < -0.4 is 5.32 Å². The van der Waals surface area contributed by atoms with Crippen LogP contribution in [-0.4, -0.2) is 49.8 Å². The second-order valence-corrected chi connectivity index (χ2v) is 4.80. The molecule has 90 valence electrons. The molecule has 0 aromatic rings. The summed E-state index contributed by atoms with van der Waals surface area (Å²) in [6, 6.07) is 0.665. The number of rotatable bonds is 4. The van der Waals surface area contributed by atoms with Crippen molar-refractivity contribution in [3.63, 3.8) is 0 Å². The van der Waals surface area contributed by atoms with E-state index in [1.165, 1.54) is 25.7 Å². The van der Waals surface area contributed by atoms with Crippen molar-refractivity contribution in [3.05, 3.63) is 0 Å². The van der Waals surface area contributed by atoms with Gasteiger partial charge < -0.3 is 10.1 Å². The fraction of sp³-hybridized carbons (Fsp3) is 0.846. The van der Waals surface area contributed by atoms with Gasteiger partial charge in [-0.3, -0.25) is 4.90 Å². The molecule has 3 heteroatoms. The number of likely N-dealkylation sites (tertiary alicyclic amines) is 1. The first kappa shape index (κ1) is 11.9. The number of hydrogen-bond acceptors (Lipinski definition) is 3. The predicted octanol–water partition coefficient (Wildman–Crippen LogP) is 0.853. The Morgan fingerprint density at radius 3 is 2.75 bits per heavy atom. The fourth-order valence-electron chi connectivity index (χ4n) is 2.53. The summed E-state index contributed by atoms with van der Waals surface area (Å²) in [5.41, 5.74) is 0. The Bertz CT molecular complexity index is 235. The first-order chi connectivity index (χ1) is 7.88. The molecular formula is C13H22N2O. The predicted molar refractivity (Wildman–Crippen MR) is 65.3 cm³/mol. The number of nitrogens with one attached hydrogen (secondary N) is 1. The van der Waals surface area contributed by atoms with Gasteiger partial charge in [-0.15, -0.1) is 6.42 Å². The van der Waals surface area contributed by atoms with Crippen LogP contribution in [0, 0.1) is 12.3 Å². The molecule has 2 fully saturated rings. The molecule has 0 bridgehead atoms. The molecule has 0 spiro atoms. The van der Waals surface area contributed by atoms with Crippen LogP contribution in [0.4, 0.5) is 0 Å². The van der Waals surface area contributed by atoms with E-state index < -0.39 is 0 Å². The van der Waals surface area contributed by atoms with Gasteiger partial charge in [0.05, 0.1) is 12.6 Å². The highest BCUT2D eigenvalue weighted by Gasteiger charge is 2.20. The van der Waals surface area contributed by atoms with Gasteiger partial charge in [0.2, 0.25) is 0 Å². The quantitative estimate of drug-likeness (QED) is 0.714. The Balaban J connectivity index is 1.60. The third-order valence-corrected chi connectivity index (χ3v) is 3.56. The molecule has 16 heavy (non-hydrogen) atoms. The molecule has 1 atom stereocenters. The van der Waals surface area contributed by atoms with E-state index in [0.717, 1.165) is 32.8 Å². The molecule has 1 N–H and O–H groups in total. The van der Waals surface area contributed by atoms with Gasteiger partial charge in [-0.05, 0) is 25.7 Å². The number of terminal acetylenes is 1. The maximum atomic E-state index is 5.60. The summed E-state index contributed by atoms with van der Waals surface area (Å²) < 4.78 is 5.60. The highest BCUT2D eigenvalue weighted by atomic mass is 16.5. The van der Waals surface area contributed by atoms with Crippen LogP contribution in [0.2, 0.25) is 0 Å². The standard InChI is InChI=1S/C13H22N2O/c1-2-7-15-8-5-12(6-9-15)14-11-13-4-3-10-16-13/h1,12-14H,3-11H2. The minimum absolute atomic E-state index is 0.462. The molecule has 2 saturated heterocycles. The lowest BCUT2D eigenvalue weighted by Gasteiger charge is -2.31. The zero-order chi connectivity index (χ0) is 11.2. The third-order valence-electron chi connectivity index (χ3n) is 3.56. The van der Waals surface area contributed by atoms with E-state index in [4.69, 9.17) is 11.2 Å². The molecular weight excluding hydrogens is 200 g/mol. The lowest BCUT2D eigenvalue weighted by molar-refractivity contribution is 0.103. The maximum Gasteiger partial charge on any atom is 0.0700 e. The summed E-state index contributed by atoms with van der Waals surface area (Å²) in [5, 5.41) is 3.62. The number of ether oxygens (including phenoxy) is 1. The zero-order valence-corrected chi connectivity index (χ0v) is 9.95. The summed E-state index contributed by atoms with van der Waals surface area (Å²) in [6.45, 7) is 5.05. The average Bonchev–Trinajstić information content (AvgIpc) is 2.82. The van der Waals surface area contributed by atoms with Gasteiger partial charge in [0.25, 0.3) is 0 Å². The van der Waals surface area contributed by atoms with E-state index >= 15 is 0 Å². The number of nitrogens with zero attached hydrogens (tertiary/aromatic N) is 1. The summed E-state index contributed by atoms with van der Waals surface area (Å²) in [7, 11) is 0. The van der Waals surface area contributed by atoms with E-state index in [1.54, 1.807) is 0 Å². The van der Waals surface area contributed by atoms with Crippen molar-refractivity contribution in [1.29, 1.82) is 0 Å². The molecule has 3 nitrogen and oxygen atoms in total. The van der Waals surface area contributed by atoms with Crippen molar-refractivity contribution >= 4 is 0 Å². The Kier molecular flexibility index (Phi) is 4.65. The van der Waals surface area contributed by atoms with Crippen LogP contribution in [0.3, 0.4) is 0 Å². The second-order valence-electron chi connectivity index (χ2n) is 4.80. The van der Waals surface area contributed by atoms with Crippen LogP contribution in [-0.2, 0) is 4.74 Å². The van der Waals surface area contributed by atoms with Crippen LogP contribution in [0.5, 0.6) is 0 Å². The van der Waals surface area contributed by atoms with E-state index in [2.05, 4.69) is 16.1 Å². The molecule has 0 saturated carbocycles. The fourth-order valence-corrected chi connectivity index (χ4v) is 2.53.